The number of carboxylic acid groups (broad SMARTS) is 1. The van der Waals surface area contributed by atoms with Gasteiger partial charge < -0.3 is 19.9 Å². The first-order valence-corrected chi connectivity index (χ1v) is 7.15. The quantitative estimate of drug-likeness (QED) is 0.818. The van der Waals surface area contributed by atoms with Crippen molar-refractivity contribution in [2.24, 2.45) is 0 Å². The van der Waals surface area contributed by atoms with Gasteiger partial charge in [-0.2, -0.15) is 0 Å². The van der Waals surface area contributed by atoms with Crippen LogP contribution in [-0.2, 0) is 0 Å². The highest BCUT2D eigenvalue weighted by Gasteiger charge is 2.19. The third kappa shape index (κ3) is 4.00. The maximum atomic E-state index is 14.2. The summed E-state index contributed by atoms with van der Waals surface area (Å²) in [7, 11) is 2.81. The van der Waals surface area contributed by atoms with E-state index in [0.717, 1.165) is 18.5 Å². The summed E-state index contributed by atoms with van der Waals surface area (Å²) in [6.07, 6.45) is 2.01. The molecule has 1 heterocycles. The van der Waals surface area contributed by atoms with Crippen LogP contribution in [0.4, 0.5) is 4.39 Å². The van der Waals surface area contributed by atoms with E-state index in [1.807, 2.05) is 0 Å². The summed E-state index contributed by atoms with van der Waals surface area (Å²) in [4.78, 5) is 30.2. The molecular formula is C16H16FN3O5. The van der Waals surface area contributed by atoms with E-state index in [1.54, 1.807) is 6.92 Å². The highest BCUT2D eigenvalue weighted by atomic mass is 19.1. The number of carbonyl (C=O) groups excluding carboxylic acids is 1. The lowest BCUT2D eigenvalue weighted by Crippen LogP contribution is -2.28. The minimum atomic E-state index is -1.25. The van der Waals surface area contributed by atoms with Crippen LogP contribution < -0.4 is 14.8 Å². The van der Waals surface area contributed by atoms with Crippen molar-refractivity contribution in [3.63, 3.8) is 0 Å². The number of nitrogens with one attached hydrogen (secondary N) is 1. The predicted octanol–water partition coefficient (Wildman–Crippen LogP) is 1.82. The molecule has 1 atom stereocenters. The second-order valence-corrected chi connectivity index (χ2v) is 5.02. The SMILES string of the molecule is COc1cc(F)c(C(C)NC(=O)c2cnc(C(=O)O)cn2)cc1OC. The summed E-state index contributed by atoms with van der Waals surface area (Å²) < 4.78 is 24.4. The van der Waals surface area contributed by atoms with Gasteiger partial charge >= 0.3 is 5.97 Å². The van der Waals surface area contributed by atoms with Crippen molar-refractivity contribution in [2.75, 3.05) is 14.2 Å². The second kappa shape index (κ2) is 7.56. The molecule has 2 rings (SSSR count). The third-order valence-corrected chi connectivity index (χ3v) is 3.42. The number of benzene rings is 1. The third-order valence-electron chi connectivity index (χ3n) is 3.42. The fourth-order valence-electron chi connectivity index (χ4n) is 2.11. The van der Waals surface area contributed by atoms with Crippen LogP contribution in [0.2, 0.25) is 0 Å². The number of rotatable bonds is 6. The largest absolute Gasteiger partial charge is 0.493 e. The number of aromatic nitrogens is 2. The molecule has 2 aromatic rings. The van der Waals surface area contributed by atoms with Gasteiger partial charge in [0.2, 0.25) is 0 Å². The number of methoxy groups -OCH3 is 2. The van der Waals surface area contributed by atoms with Crippen LogP contribution in [0.3, 0.4) is 0 Å². The number of hydrogen-bond donors (Lipinski definition) is 2. The summed E-state index contributed by atoms with van der Waals surface area (Å²) in [5, 5.41) is 11.3. The van der Waals surface area contributed by atoms with E-state index in [0.29, 0.717) is 5.75 Å². The van der Waals surface area contributed by atoms with Crippen molar-refractivity contribution in [3.8, 4) is 11.5 Å². The Hall–Kier alpha value is -3.23. The molecule has 0 fully saturated rings. The van der Waals surface area contributed by atoms with Crippen molar-refractivity contribution in [2.45, 2.75) is 13.0 Å². The van der Waals surface area contributed by atoms with Crippen LogP contribution in [-0.4, -0.2) is 41.2 Å². The van der Waals surface area contributed by atoms with Crippen molar-refractivity contribution in [1.29, 1.82) is 0 Å². The average Bonchev–Trinajstić information content (AvgIpc) is 2.61. The van der Waals surface area contributed by atoms with Crippen molar-refractivity contribution >= 4 is 11.9 Å². The number of carbonyl (C=O) groups is 2. The van der Waals surface area contributed by atoms with Crippen LogP contribution >= 0.6 is 0 Å². The predicted molar refractivity (Wildman–Crippen MR) is 84.4 cm³/mol. The molecule has 1 aromatic heterocycles. The molecule has 132 valence electrons. The fraction of sp³-hybridized carbons (Fsp3) is 0.250. The number of ether oxygens (including phenoxy) is 2. The zero-order chi connectivity index (χ0) is 18.6. The molecule has 0 aliphatic heterocycles. The second-order valence-electron chi connectivity index (χ2n) is 5.02. The Labute approximate surface area is 142 Å². The lowest BCUT2D eigenvalue weighted by Gasteiger charge is -2.17. The average molecular weight is 349 g/mol. The van der Waals surface area contributed by atoms with Gasteiger partial charge in [0.05, 0.1) is 32.7 Å². The molecule has 9 heteroatoms. The van der Waals surface area contributed by atoms with Crippen molar-refractivity contribution in [3.05, 3.63) is 47.3 Å². The van der Waals surface area contributed by atoms with Crippen molar-refractivity contribution in [1.82, 2.24) is 15.3 Å². The molecule has 0 spiro atoms. The van der Waals surface area contributed by atoms with Gasteiger partial charge in [0.1, 0.15) is 11.5 Å². The lowest BCUT2D eigenvalue weighted by molar-refractivity contribution is 0.0689. The van der Waals surface area contributed by atoms with Gasteiger partial charge in [0.15, 0.2) is 17.2 Å². The number of hydrogen-bond acceptors (Lipinski definition) is 6. The zero-order valence-electron chi connectivity index (χ0n) is 13.7. The van der Waals surface area contributed by atoms with E-state index in [2.05, 4.69) is 15.3 Å². The van der Waals surface area contributed by atoms with E-state index in [4.69, 9.17) is 14.6 Å². The molecule has 0 saturated carbocycles. The number of aromatic carboxylic acids is 1. The van der Waals surface area contributed by atoms with E-state index < -0.39 is 23.7 Å². The lowest BCUT2D eigenvalue weighted by atomic mass is 10.1. The minimum absolute atomic E-state index is 0.0854. The van der Waals surface area contributed by atoms with Gasteiger partial charge in [0.25, 0.3) is 5.91 Å². The molecule has 0 radical (unpaired) electrons. The van der Waals surface area contributed by atoms with E-state index in [1.165, 1.54) is 20.3 Å². The van der Waals surface area contributed by atoms with Crippen LogP contribution in [0.15, 0.2) is 24.5 Å². The van der Waals surface area contributed by atoms with Crippen LogP contribution in [0, 0.1) is 5.82 Å². The summed E-state index contributed by atoms with van der Waals surface area (Å²) in [5.41, 5.74) is -0.172. The molecule has 1 unspecified atom stereocenters. The van der Waals surface area contributed by atoms with Gasteiger partial charge in [-0.1, -0.05) is 0 Å². The Morgan fingerprint density at radius 1 is 1.12 bits per heavy atom. The van der Waals surface area contributed by atoms with Gasteiger partial charge in [0, 0.05) is 11.6 Å². The van der Waals surface area contributed by atoms with E-state index in [9.17, 15) is 14.0 Å². The molecule has 1 aromatic carbocycles. The summed E-state index contributed by atoms with van der Waals surface area (Å²) in [6, 6.07) is 1.89. The normalized spacial score (nSPS) is 11.5. The van der Waals surface area contributed by atoms with Crippen LogP contribution in [0.5, 0.6) is 11.5 Å². The molecule has 25 heavy (non-hydrogen) atoms. The molecule has 8 nitrogen and oxygen atoms in total. The maximum Gasteiger partial charge on any atom is 0.356 e. The Kier molecular flexibility index (Phi) is 5.48. The number of carboxylic acids is 1. The number of amides is 1. The van der Waals surface area contributed by atoms with Gasteiger partial charge in [-0.05, 0) is 13.0 Å². The van der Waals surface area contributed by atoms with Crippen molar-refractivity contribution < 1.29 is 28.6 Å². The monoisotopic (exact) mass is 349 g/mol. The van der Waals surface area contributed by atoms with Crippen LogP contribution in [0.25, 0.3) is 0 Å². The smallest absolute Gasteiger partial charge is 0.356 e. The molecule has 0 aliphatic rings. The Bertz CT molecular complexity index is 795. The molecule has 1 amide bonds. The van der Waals surface area contributed by atoms with Gasteiger partial charge in [-0.3, -0.25) is 4.79 Å². The standard InChI is InChI=1S/C16H16FN3O5/c1-8(9-4-13(24-2)14(25-3)5-10(9)17)20-15(21)11-6-19-12(7-18-11)16(22)23/h4-8H,1-3H3,(H,20,21)(H,22,23). The zero-order valence-corrected chi connectivity index (χ0v) is 13.7. The van der Waals surface area contributed by atoms with E-state index in [-0.39, 0.29) is 22.7 Å². The van der Waals surface area contributed by atoms with Gasteiger partial charge in [-0.15, -0.1) is 0 Å². The highest BCUT2D eigenvalue weighted by molar-refractivity contribution is 5.93. The molecule has 2 N–H and O–H groups in total. The summed E-state index contributed by atoms with van der Waals surface area (Å²) >= 11 is 0. The summed E-state index contributed by atoms with van der Waals surface area (Å²) in [5.74, 6) is -1.88. The molecular weight excluding hydrogens is 333 g/mol. The van der Waals surface area contributed by atoms with Gasteiger partial charge in [-0.25, -0.2) is 19.2 Å². The number of nitrogens with zero attached hydrogens (tertiary/aromatic N) is 2. The Balaban J connectivity index is 2.19. The first kappa shape index (κ1) is 18.1. The maximum absolute atomic E-state index is 14.2. The molecule has 0 bridgehead atoms. The topological polar surface area (TPSA) is 111 Å². The van der Waals surface area contributed by atoms with E-state index >= 15 is 0 Å². The highest BCUT2D eigenvalue weighted by Crippen LogP contribution is 2.32. The molecule has 0 aliphatic carbocycles. The molecule has 0 saturated heterocycles. The fourth-order valence-corrected chi connectivity index (χ4v) is 2.11. The van der Waals surface area contributed by atoms with Crippen LogP contribution in [0.1, 0.15) is 39.5 Å². The minimum Gasteiger partial charge on any atom is -0.493 e. The Morgan fingerprint density at radius 3 is 2.20 bits per heavy atom. The first-order chi connectivity index (χ1) is 11.9. The Morgan fingerprint density at radius 2 is 1.68 bits per heavy atom. The first-order valence-electron chi connectivity index (χ1n) is 7.15. The number of halogens is 1. The summed E-state index contributed by atoms with van der Waals surface area (Å²) in [6.45, 7) is 1.58.